The topological polar surface area (TPSA) is 38.8 Å². The highest BCUT2D eigenvalue weighted by molar-refractivity contribution is 7.98. The van der Waals surface area contributed by atoms with Gasteiger partial charge in [0.05, 0.1) is 6.54 Å². The predicted molar refractivity (Wildman–Crippen MR) is 102 cm³/mol. The lowest BCUT2D eigenvalue weighted by Gasteiger charge is -2.25. The minimum Gasteiger partial charge on any atom is -0.457 e. The number of benzene rings is 2. The number of thioether (sulfide) groups is 1. The van der Waals surface area contributed by atoms with Gasteiger partial charge in [0, 0.05) is 17.5 Å². The lowest BCUT2D eigenvalue weighted by atomic mass is 10.2. The Bertz CT molecular complexity index is 708. The molecular formula is C20H25NO3S. The first-order valence-corrected chi connectivity index (χ1v) is 9.35. The summed E-state index contributed by atoms with van der Waals surface area (Å²) in [6.07, 6.45) is 1.68. The SMILES string of the molecule is CSc1ccc(Oc2ccccc2CN(C)C(=O)OC(C)(C)C)cc1. The van der Waals surface area contributed by atoms with Gasteiger partial charge in [-0.05, 0) is 57.4 Å². The van der Waals surface area contributed by atoms with Crippen LogP contribution in [0.3, 0.4) is 0 Å². The second-order valence-corrected chi connectivity index (χ2v) is 7.60. The summed E-state index contributed by atoms with van der Waals surface area (Å²) < 4.78 is 11.4. The number of carbonyl (C=O) groups is 1. The van der Waals surface area contributed by atoms with E-state index in [1.54, 1.807) is 23.7 Å². The fourth-order valence-corrected chi connectivity index (χ4v) is 2.57. The van der Waals surface area contributed by atoms with Crippen LogP contribution >= 0.6 is 11.8 Å². The van der Waals surface area contributed by atoms with E-state index in [4.69, 9.17) is 9.47 Å². The Morgan fingerprint density at radius 3 is 2.32 bits per heavy atom. The molecule has 0 aliphatic carbocycles. The van der Waals surface area contributed by atoms with Gasteiger partial charge in [0.2, 0.25) is 0 Å². The fraction of sp³-hybridized carbons (Fsp3) is 0.350. The molecule has 0 radical (unpaired) electrons. The molecule has 0 unspecified atom stereocenters. The first-order valence-electron chi connectivity index (χ1n) is 8.12. The molecule has 0 aliphatic rings. The smallest absolute Gasteiger partial charge is 0.410 e. The van der Waals surface area contributed by atoms with Crippen LogP contribution in [0, 0.1) is 0 Å². The highest BCUT2D eigenvalue weighted by Gasteiger charge is 2.20. The summed E-state index contributed by atoms with van der Waals surface area (Å²) in [6, 6.07) is 15.6. The monoisotopic (exact) mass is 359 g/mol. The third kappa shape index (κ3) is 6.02. The molecule has 0 heterocycles. The zero-order valence-corrected chi connectivity index (χ0v) is 16.2. The highest BCUT2D eigenvalue weighted by atomic mass is 32.2. The zero-order chi connectivity index (χ0) is 18.4. The maximum atomic E-state index is 12.2. The molecule has 0 fully saturated rings. The Hall–Kier alpha value is -2.14. The van der Waals surface area contributed by atoms with Crippen molar-refractivity contribution in [3.8, 4) is 11.5 Å². The number of nitrogens with zero attached hydrogens (tertiary/aromatic N) is 1. The molecule has 0 spiro atoms. The molecule has 1 amide bonds. The molecule has 0 aromatic heterocycles. The van der Waals surface area contributed by atoms with Gasteiger partial charge in [-0.15, -0.1) is 11.8 Å². The molecule has 2 aromatic carbocycles. The van der Waals surface area contributed by atoms with Gasteiger partial charge in [-0.25, -0.2) is 4.79 Å². The Morgan fingerprint density at radius 1 is 1.08 bits per heavy atom. The average molecular weight is 359 g/mol. The maximum absolute atomic E-state index is 12.2. The van der Waals surface area contributed by atoms with E-state index >= 15 is 0 Å². The highest BCUT2D eigenvalue weighted by Crippen LogP contribution is 2.28. The summed E-state index contributed by atoms with van der Waals surface area (Å²) >= 11 is 1.69. The van der Waals surface area contributed by atoms with Crippen LogP contribution in [0.2, 0.25) is 0 Å². The van der Waals surface area contributed by atoms with Crippen molar-refractivity contribution in [2.75, 3.05) is 13.3 Å². The van der Waals surface area contributed by atoms with Crippen LogP contribution in [0.25, 0.3) is 0 Å². The van der Waals surface area contributed by atoms with Crippen molar-refractivity contribution in [3.63, 3.8) is 0 Å². The summed E-state index contributed by atoms with van der Waals surface area (Å²) in [4.78, 5) is 14.9. The van der Waals surface area contributed by atoms with Gasteiger partial charge in [0.25, 0.3) is 0 Å². The summed E-state index contributed by atoms with van der Waals surface area (Å²) in [5, 5.41) is 0. The van der Waals surface area contributed by atoms with E-state index in [2.05, 4.69) is 0 Å². The quantitative estimate of drug-likeness (QED) is 0.654. The molecule has 2 aromatic rings. The lowest BCUT2D eigenvalue weighted by Crippen LogP contribution is -2.33. The lowest BCUT2D eigenvalue weighted by molar-refractivity contribution is 0.0284. The van der Waals surface area contributed by atoms with E-state index in [0.29, 0.717) is 6.54 Å². The normalized spacial score (nSPS) is 11.1. The number of hydrogen-bond donors (Lipinski definition) is 0. The third-order valence-corrected chi connectivity index (χ3v) is 4.12. The summed E-state index contributed by atoms with van der Waals surface area (Å²) in [6.45, 7) is 5.98. The largest absolute Gasteiger partial charge is 0.457 e. The molecule has 0 saturated heterocycles. The second kappa shape index (κ2) is 8.30. The summed E-state index contributed by atoms with van der Waals surface area (Å²) in [5.74, 6) is 1.50. The van der Waals surface area contributed by atoms with Crippen LogP contribution < -0.4 is 4.74 Å². The number of ether oxygens (including phenoxy) is 2. The molecule has 4 nitrogen and oxygen atoms in total. The fourth-order valence-electron chi connectivity index (χ4n) is 2.16. The first kappa shape index (κ1) is 19.2. The van der Waals surface area contributed by atoms with E-state index in [1.165, 1.54) is 4.90 Å². The standard InChI is InChI=1S/C20H25NO3S/c1-20(2,3)24-19(22)21(4)14-15-8-6-7-9-18(15)23-16-10-12-17(25-5)13-11-16/h6-13H,14H2,1-5H3. The second-order valence-electron chi connectivity index (χ2n) is 6.72. The van der Waals surface area contributed by atoms with Gasteiger partial charge in [0.15, 0.2) is 0 Å². The number of hydrogen-bond acceptors (Lipinski definition) is 4. The minimum absolute atomic E-state index is 0.355. The molecule has 0 bridgehead atoms. The van der Waals surface area contributed by atoms with Crippen LogP contribution in [-0.4, -0.2) is 29.9 Å². The molecule has 0 saturated carbocycles. The minimum atomic E-state index is -0.513. The van der Waals surface area contributed by atoms with Gasteiger partial charge in [0.1, 0.15) is 17.1 Å². The van der Waals surface area contributed by atoms with Gasteiger partial charge >= 0.3 is 6.09 Å². The molecule has 0 atom stereocenters. The molecule has 134 valence electrons. The first-order chi connectivity index (χ1) is 11.8. The number of para-hydroxylation sites is 1. The van der Waals surface area contributed by atoms with E-state index < -0.39 is 5.60 Å². The average Bonchev–Trinajstić information content (AvgIpc) is 2.55. The van der Waals surface area contributed by atoms with Crippen LogP contribution in [0.5, 0.6) is 11.5 Å². The summed E-state index contributed by atoms with van der Waals surface area (Å²) in [7, 11) is 1.72. The molecule has 2 rings (SSSR count). The van der Waals surface area contributed by atoms with Crippen molar-refractivity contribution in [2.24, 2.45) is 0 Å². The van der Waals surface area contributed by atoms with Crippen molar-refractivity contribution >= 4 is 17.9 Å². The summed E-state index contributed by atoms with van der Waals surface area (Å²) in [5.41, 5.74) is 0.408. The van der Waals surface area contributed by atoms with Gasteiger partial charge in [-0.3, -0.25) is 0 Å². The van der Waals surface area contributed by atoms with Crippen LogP contribution in [0.4, 0.5) is 4.79 Å². The number of rotatable bonds is 5. The molecule has 5 heteroatoms. The Labute approximate surface area is 154 Å². The molecule has 25 heavy (non-hydrogen) atoms. The van der Waals surface area contributed by atoms with Gasteiger partial charge < -0.3 is 14.4 Å². The van der Waals surface area contributed by atoms with Crippen molar-refractivity contribution in [3.05, 3.63) is 54.1 Å². The number of amides is 1. The third-order valence-electron chi connectivity index (χ3n) is 3.37. The van der Waals surface area contributed by atoms with Crippen LogP contribution in [0.1, 0.15) is 26.3 Å². The van der Waals surface area contributed by atoms with Crippen LogP contribution in [-0.2, 0) is 11.3 Å². The molecule has 0 aliphatic heterocycles. The van der Waals surface area contributed by atoms with Crippen molar-refractivity contribution < 1.29 is 14.3 Å². The van der Waals surface area contributed by atoms with Gasteiger partial charge in [-0.1, -0.05) is 18.2 Å². The van der Waals surface area contributed by atoms with Crippen molar-refractivity contribution in [2.45, 2.75) is 37.8 Å². The molecule has 0 N–H and O–H groups in total. The van der Waals surface area contributed by atoms with E-state index in [-0.39, 0.29) is 6.09 Å². The number of carbonyl (C=O) groups excluding carboxylic acids is 1. The van der Waals surface area contributed by atoms with Crippen molar-refractivity contribution in [1.29, 1.82) is 0 Å². The predicted octanol–water partition coefficient (Wildman–Crippen LogP) is 5.57. The van der Waals surface area contributed by atoms with Gasteiger partial charge in [-0.2, -0.15) is 0 Å². The molecular weight excluding hydrogens is 334 g/mol. The Kier molecular flexibility index (Phi) is 6.37. The van der Waals surface area contributed by atoms with E-state index in [9.17, 15) is 4.79 Å². The zero-order valence-electron chi connectivity index (χ0n) is 15.4. The Balaban J connectivity index is 2.10. The van der Waals surface area contributed by atoms with E-state index in [1.807, 2.05) is 75.6 Å². The Morgan fingerprint density at radius 2 is 1.72 bits per heavy atom. The van der Waals surface area contributed by atoms with Crippen LogP contribution in [0.15, 0.2) is 53.4 Å². The van der Waals surface area contributed by atoms with Crippen molar-refractivity contribution in [1.82, 2.24) is 4.90 Å². The van der Waals surface area contributed by atoms with E-state index in [0.717, 1.165) is 17.1 Å². The maximum Gasteiger partial charge on any atom is 0.410 e.